The highest BCUT2D eigenvalue weighted by Gasteiger charge is 2.27. The maximum atomic E-state index is 10.3. The first-order valence-corrected chi connectivity index (χ1v) is 7.92. The molecule has 4 heteroatoms. The molecule has 0 radical (unpaired) electrons. The van der Waals surface area contributed by atoms with Gasteiger partial charge < -0.3 is 20.1 Å². The molecule has 0 amide bonds. The summed E-state index contributed by atoms with van der Waals surface area (Å²) in [5.74, 6) is 0. The minimum Gasteiger partial charge on any atom is -0.391 e. The molecule has 0 heterocycles. The largest absolute Gasteiger partial charge is 0.391 e. The molecule has 2 unspecified atom stereocenters. The lowest BCUT2D eigenvalue weighted by Crippen LogP contribution is -2.44. The summed E-state index contributed by atoms with van der Waals surface area (Å²) in [5.41, 5.74) is 2.49. The van der Waals surface area contributed by atoms with Crippen LogP contribution < -0.4 is 10.2 Å². The van der Waals surface area contributed by atoms with Crippen LogP contribution in [0.3, 0.4) is 0 Å². The molecule has 0 saturated heterocycles. The van der Waals surface area contributed by atoms with Gasteiger partial charge in [-0.1, -0.05) is 31.0 Å². The van der Waals surface area contributed by atoms with Gasteiger partial charge in [0, 0.05) is 32.9 Å². The normalized spacial score (nSPS) is 22.2. The second-order valence-electron chi connectivity index (χ2n) is 5.83. The molecular weight excluding hydrogens is 264 g/mol. The first kappa shape index (κ1) is 16.3. The van der Waals surface area contributed by atoms with Gasteiger partial charge in [0.1, 0.15) is 0 Å². The van der Waals surface area contributed by atoms with Crippen molar-refractivity contribution in [1.82, 2.24) is 5.32 Å². The van der Waals surface area contributed by atoms with Crippen LogP contribution in [0.15, 0.2) is 24.3 Å². The first-order chi connectivity index (χ1) is 10.2. The summed E-state index contributed by atoms with van der Waals surface area (Å²) in [5, 5.41) is 13.7. The average molecular weight is 292 g/mol. The van der Waals surface area contributed by atoms with Gasteiger partial charge in [0.2, 0.25) is 0 Å². The minimum absolute atomic E-state index is 0.210. The number of para-hydroxylation sites is 1. The van der Waals surface area contributed by atoms with Crippen molar-refractivity contribution in [2.24, 2.45) is 0 Å². The van der Waals surface area contributed by atoms with E-state index in [-0.39, 0.29) is 12.1 Å². The number of methoxy groups -OCH3 is 1. The van der Waals surface area contributed by atoms with Gasteiger partial charge in [0.25, 0.3) is 0 Å². The van der Waals surface area contributed by atoms with Gasteiger partial charge in [-0.2, -0.15) is 0 Å². The fourth-order valence-electron chi connectivity index (χ4n) is 3.12. The molecule has 2 N–H and O–H groups in total. The van der Waals surface area contributed by atoms with Gasteiger partial charge in [-0.3, -0.25) is 0 Å². The Morgan fingerprint density at radius 3 is 2.81 bits per heavy atom. The molecule has 1 aromatic rings. The van der Waals surface area contributed by atoms with Gasteiger partial charge >= 0.3 is 0 Å². The van der Waals surface area contributed by atoms with Crippen molar-refractivity contribution >= 4 is 5.69 Å². The van der Waals surface area contributed by atoms with E-state index in [1.807, 2.05) is 0 Å². The van der Waals surface area contributed by atoms with E-state index in [2.05, 4.69) is 41.5 Å². The van der Waals surface area contributed by atoms with E-state index in [9.17, 15) is 5.11 Å². The maximum absolute atomic E-state index is 10.3. The number of nitrogens with one attached hydrogen (secondary N) is 1. The van der Waals surface area contributed by atoms with E-state index in [4.69, 9.17) is 4.74 Å². The molecule has 1 saturated carbocycles. The van der Waals surface area contributed by atoms with Crippen molar-refractivity contribution in [2.75, 3.05) is 32.2 Å². The van der Waals surface area contributed by atoms with Gasteiger partial charge in [0.15, 0.2) is 0 Å². The molecule has 21 heavy (non-hydrogen) atoms. The number of rotatable bonds is 7. The second kappa shape index (κ2) is 8.37. The quantitative estimate of drug-likeness (QED) is 0.756. The second-order valence-corrected chi connectivity index (χ2v) is 5.83. The third-order valence-corrected chi connectivity index (χ3v) is 4.36. The summed E-state index contributed by atoms with van der Waals surface area (Å²) in [7, 11) is 3.82. The fourth-order valence-corrected chi connectivity index (χ4v) is 3.12. The average Bonchev–Trinajstić information content (AvgIpc) is 2.52. The molecule has 0 aromatic heterocycles. The highest BCUT2D eigenvalue weighted by molar-refractivity contribution is 5.54. The van der Waals surface area contributed by atoms with E-state index >= 15 is 0 Å². The van der Waals surface area contributed by atoms with Crippen molar-refractivity contribution in [2.45, 2.75) is 44.4 Å². The van der Waals surface area contributed by atoms with Gasteiger partial charge in [-0.05, 0) is 24.5 Å². The lowest BCUT2D eigenvalue weighted by Gasteiger charge is -2.37. The summed E-state index contributed by atoms with van der Waals surface area (Å²) in [6.07, 6.45) is 4.14. The van der Waals surface area contributed by atoms with Crippen molar-refractivity contribution in [1.29, 1.82) is 0 Å². The van der Waals surface area contributed by atoms with Crippen molar-refractivity contribution < 1.29 is 9.84 Å². The van der Waals surface area contributed by atoms with Gasteiger partial charge in [-0.15, -0.1) is 0 Å². The molecule has 0 spiro atoms. The van der Waals surface area contributed by atoms with Crippen LogP contribution in [0.25, 0.3) is 0 Å². The molecule has 4 nitrogen and oxygen atoms in total. The topological polar surface area (TPSA) is 44.7 Å². The van der Waals surface area contributed by atoms with E-state index in [1.54, 1.807) is 7.11 Å². The molecule has 2 atom stereocenters. The van der Waals surface area contributed by atoms with Crippen molar-refractivity contribution in [3.8, 4) is 0 Å². The molecule has 118 valence electrons. The van der Waals surface area contributed by atoms with E-state index in [1.165, 1.54) is 17.7 Å². The number of anilines is 1. The van der Waals surface area contributed by atoms with Crippen LogP contribution in [0.1, 0.15) is 31.2 Å². The Balaban J connectivity index is 2.03. The van der Waals surface area contributed by atoms with Crippen molar-refractivity contribution in [3.63, 3.8) is 0 Å². The molecule has 1 aromatic carbocycles. The van der Waals surface area contributed by atoms with Crippen LogP contribution in [-0.4, -0.2) is 44.6 Å². The molecule has 1 fully saturated rings. The van der Waals surface area contributed by atoms with E-state index < -0.39 is 0 Å². The predicted molar refractivity (Wildman–Crippen MR) is 86.7 cm³/mol. The maximum Gasteiger partial charge on any atom is 0.0743 e. The molecule has 1 aliphatic rings. The third kappa shape index (κ3) is 4.43. The molecule has 2 rings (SSSR count). The number of hydrogen-bond acceptors (Lipinski definition) is 4. The third-order valence-electron chi connectivity index (χ3n) is 4.36. The number of aliphatic hydroxyl groups excluding tert-OH is 1. The summed E-state index contributed by atoms with van der Waals surface area (Å²) < 4.78 is 5.06. The lowest BCUT2D eigenvalue weighted by molar-refractivity contribution is 0.106. The Bertz CT molecular complexity index is 425. The minimum atomic E-state index is -0.210. The molecule has 0 bridgehead atoms. The summed E-state index contributed by atoms with van der Waals surface area (Å²) in [4.78, 5) is 2.26. The van der Waals surface area contributed by atoms with Crippen LogP contribution in [0, 0.1) is 0 Å². The van der Waals surface area contributed by atoms with Crippen LogP contribution >= 0.6 is 0 Å². The Morgan fingerprint density at radius 1 is 1.29 bits per heavy atom. The number of hydrogen-bond donors (Lipinski definition) is 2. The number of aliphatic hydroxyl groups is 1. The number of ether oxygens (including phenoxy) is 1. The Hall–Kier alpha value is -1.10. The summed E-state index contributed by atoms with van der Waals surface area (Å²) in [6.45, 7) is 2.40. The SMILES string of the molecule is COCCNCc1ccccc1N(C)C1CCCCC1O. The summed E-state index contributed by atoms with van der Waals surface area (Å²) >= 11 is 0. The number of nitrogens with zero attached hydrogens (tertiary/aromatic N) is 1. The number of benzene rings is 1. The highest BCUT2D eigenvalue weighted by atomic mass is 16.5. The van der Waals surface area contributed by atoms with Crippen molar-refractivity contribution in [3.05, 3.63) is 29.8 Å². The lowest BCUT2D eigenvalue weighted by atomic mass is 9.91. The zero-order valence-corrected chi connectivity index (χ0v) is 13.2. The molecule has 1 aliphatic carbocycles. The van der Waals surface area contributed by atoms with E-state index in [0.29, 0.717) is 0 Å². The Labute approximate surface area is 128 Å². The monoisotopic (exact) mass is 292 g/mol. The van der Waals surface area contributed by atoms with Crippen LogP contribution in [0.2, 0.25) is 0 Å². The standard InChI is InChI=1S/C17H28N2O2/c1-19(16-9-5-6-10-17(16)20)15-8-4-3-7-14(15)13-18-11-12-21-2/h3-4,7-8,16-18,20H,5-6,9-13H2,1-2H3. The zero-order valence-electron chi connectivity index (χ0n) is 13.2. The summed E-state index contributed by atoms with van der Waals surface area (Å²) in [6, 6.07) is 8.68. The Kier molecular flexibility index (Phi) is 6.49. The van der Waals surface area contributed by atoms with E-state index in [0.717, 1.165) is 39.0 Å². The van der Waals surface area contributed by atoms with Crippen LogP contribution in [0.4, 0.5) is 5.69 Å². The van der Waals surface area contributed by atoms with Gasteiger partial charge in [-0.25, -0.2) is 0 Å². The highest BCUT2D eigenvalue weighted by Crippen LogP contribution is 2.28. The first-order valence-electron chi connectivity index (χ1n) is 7.92. The smallest absolute Gasteiger partial charge is 0.0743 e. The van der Waals surface area contributed by atoms with Gasteiger partial charge in [0.05, 0.1) is 18.8 Å². The molecular formula is C17H28N2O2. The zero-order chi connectivity index (χ0) is 15.1. The van der Waals surface area contributed by atoms with Crippen LogP contribution in [0.5, 0.6) is 0 Å². The predicted octanol–water partition coefficient (Wildman–Crippen LogP) is 2.16. The van der Waals surface area contributed by atoms with Crippen LogP contribution in [-0.2, 0) is 11.3 Å². The Morgan fingerprint density at radius 2 is 2.05 bits per heavy atom. The number of likely N-dealkylation sites (N-methyl/N-ethyl adjacent to an activating group) is 1. The fraction of sp³-hybridized carbons (Fsp3) is 0.647. The molecule has 0 aliphatic heterocycles.